The zero-order chi connectivity index (χ0) is 17.6. The first-order valence-electron chi connectivity index (χ1n) is 8.07. The Kier molecular flexibility index (Phi) is 7.36. The van der Waals surface area contributed by atoms with Gasteiger partial charge in [0, 0.05) is 23.7 Å². The van der Waals surface area contributed by atoms with E-state index in [1.54, 1.807) is 0 Å². The molecule has 2 atom stereocenters. The fourth-order valence-corrected chi connectivity index (χ4v) is 2.53. The highest BCUT2D eigenvalue weighted by Gasteiger charge is 2.21. The molecule has 0 bridgehead atoms. The number of carbonyl (C=O) groups excluding carboxylic acids is 1. The summed E-state index contributed by atoms with van der Waals surface area (Å²) >= 11 is 6.25. The van der Waals surface area contributed by atoms with Crippen LogP contribution in [0, 0.1) is 5.92 Å². The van der Waals surface area contributed by atoms with Gasteiger partial charge in [-0.3, -0.25) is 0 Å². The topological polar surface area (TPSA) is 50.4 Å². The minimum atomic E-state index is -0.490. The predicted molar refractivity (Wildman–Crippen MR) is 95.9 cm³/mol. The van der Waals surface area contributed by atoms with Crippen LogP contribution in [0.4, 0.5) is 4.79 Å². The van der Waals surface area contributed by atoms with Gasteiger partial charge in [0.25, 0.3) is 0 Å². The Morgan fingerprint density at radius 1 is 1.22 bits per heavy atom. The van der Waals surface area contributed by atoms with E-state index in [0.717, 1.165) is 10.6 Å². The van der Waals surface area contributed by atoms with Crippen LogP contribution in [-0.2, 0) is 4.74 Å². The molecule has 2 N–H and O–H groups in total. The molecule has 0 aliphatic heterocycles. The Labute approximate surface area is 144 Å². The number of rotatable bonds is 6. The van der Waals surface area contributed by atoms with Crippen molar-refractivity contribution in [2.24, 2.45) is 5.92 Å². The van der Waals surface area contributed by atoms with Crippen molar-refractivity contribution in [2.45, 2.75) is 59.2 Å². The van der Waals surface area contributed by atoms with Crippen LogP contribution in [0.1, 0.15) is 53.1 Å². The molecule has 0 aromatic heterocycles. The number of halogens is 1. The smallest absolute Gasteiger partial charge is 0.407 e. The van der Waals surface area contributed by atoms with E-state index in [9.17, 15) is 4.79 Å². The van der Waals surface area contributed by atoms with Crippen LogP contribution in [0.2, 0.25) is 5.02 Å². The summed E-state index contributed by atoms with van der Waals surface area (Å²) in [5, 5.41) is 7.12. The standard InChI is InChI=1S/C18H29ClN2O2/c1-12(2)16(11-20-17(22)23-18(4,5)6)21-13(3)14-9-7-8-10-15(14)19/h7-10,12-13,16,21H,11H2,1-6H3,(H,20,22). The summed E-state index contributed by atoms with van der Waals surface area (Å²) in [4.78, 5) is 11.8. The first-order chi connectivity index (χ1) is 10.6. The van der Waals surface area contributed by atoms with Crippen LogP contribution in [-0.4, -0.2) is 24.3 Å². The van der Waals surface area contributed by atoms with Crippen LogP contribution in [0.3, 0.4) is 0 Å². The third-order valence-corrected chi connectivity index (χ3v) is 3.85. The van der Waals surface area contributed by atoms with E-state index < -0.39 is 11.7 Å². The average molecular weight is 341 g/mol. The number of carbonyl (C=O) groups is 1. The highest BCUT2D eigenvalue weighted by molar-refractivity contribution is 6.31. The monoisotopic (exact) mass is 340 g/mol. The molecule has 0 spiro atoms. The van der Waals surface area contributed by atoms with Crippen LogP contribution in [0.5, 0.6) is 0 Å². The van der Waals surface area contributed by atoms with Gasteiger partial charge in [-0.2, -0.15) is 0 Å². The summed E-state index contributed by atoms with van der Waals surface area (Å²) in [6.07, 6.45) is -0.393. The number of benzene rings is 1. The molecule has 2 unspecified atom stereocenters. The van der Waals surface area contributed by atoms with Gasteiger partial charge < -0.3 is 15.4 Å². The van der Waals surface area contributed by atoms with Crippen molar-refractivity contribution in [1.29, 1.82) is 0 Å². The maximum atomic E-state index is 11.8. The van der Waals surface area contributed by atoms with Crippen molar-refractivity contribution in [3.8, 4) is 0 Å². The molecule has 1 rings (SSSR count). The van der Waals surface area contributed by atoms with Gasteiger partial charge in [-0.15, -0.1) is 0 Å². The molecule has 130 valence electrons. The molecule has 1 amide bonds. The van der Waals surface area contributed by atoms with Crippen LogP contribution in [0.25, 0.3) is 0 Å². The van der Waals surface area contributed by atoms with Crippen molar-refractivity contribution in [3.05, 3.63) is 34.9 Å². The van der Waals surface area contributed by atoms with Gasteiger partial charge in [-0.05, 0) is 45.2 Å². The Hall–Kier alpha value is -1.26. The maximum absolute atomic E-state index is 11.8. The minimum absolute atomic E-state index is 0.0940. The van der Waals surface area contributed by atoms with Crippen LogP contribution >= 0.6 is 11.6 Å². The molecule has 0 heterocycles. The molecule has 0 saturated carbocycles. The molecule has 0 aliphatic carbocycles. The largest absolute Gasteiger partial charge is 0.444 e. The normalized spacial score (nSPS) is 14.4. The summed E-state index contributed by atoms with van der Waals surface area (Å²) < 4.78 is 5.28. The molecule has 0 radical (unpaired) electrons. The third kappa shape index (κ3) is 7.23. The van der Waals surface area contributed by atoms with Crippen LogP contribution < -0.4 is 10.6 Å². The van der Waals surface area contributed by atoms with Crippen molar-refractivity contribution in [1.82, 2.24) is 10.6 Å². The number of alkyl carbamates (subject to hydrolysis) is 1. The summed E-state index contributed by atoms with van der Waals surface area (Å²) in [5.74, 6) is 0.356. The molecule has 23 heavy (non-hydrogen) atoms. The third-order valence-electron chi connectivity index (χ3n) is 3.51. The van der Waals surface area contributed by atoms with Gasteiger partial charge in [0.05, 0.1) is 0 Å². The van der Waals surface area contributed by atoms with E-state index in [0.29, 0.717) is 12.5 Å². The van der Waals surface area contributed by atoms with Crippen molar-refractivity contribution < 1.29 is 9.53 Å². The lowest BCUT2D eigenvalue weighted by atomic mass is 10.0. The van der Waals surface area contributed by atoms with Gasteiger partial charge in [0.1, 0.15) is 5.60 Å². The number of hydrogen-bond acceptors (Lipinski definition) is 3. The lowest BCUT2D eigenvalue weighted by Gasteiger charge is -2.28. The number of nitrogens with one attached hydrogen (secondary N) is 2. The Balaban J connectivity index is 2.62. The fraction of sp³-hybridized carbons (Fsp3) is 0.611. The molecule has 1 aromatic rings. The SMILES string of the molecule is CC(NC(CNC(=O)OC(C)(C)C)C(C)C)c1ccccc1Cl. The van der Waals surface area contributed by atoms with E-state index in [1.807, 2.05) is 45.0 Å². The zero-order valence-electron chi connectivity index (χ0n) is 14.9. The summed E-state index contributed by atoms with van der Waals surface area (Å²) in [6.45, 7) is 12.4. The number of hydrogen-bond donors (Lipinski definition) is 2. The molecule has 0 fully saturated rings. The molecule has 4 nitrogen and oxygen atoms in total. The molecule has 0 aliphatic rings. The zero-order valence-corrected chi connectivity index (χ0v) is 15.7. The highest BCUT2D eigenvalue weighted by Crippen LogP contribution is 2.23. The molecule has 5 heteroatoms. The Morgan fingerprint density at radius 2 is 1.83 bits per heavy atom. The lowest BCUT2D eigenvalue weighted by molar-refractivity contribution is 0.0518. The first kappa shape index (κ1) is 19.8. The summed E-state index contributed by atoms with van der Waals surface area (Å²) in [5.41, 5.74) is 0.562. The highest BCUT2D eigenvalue weighted by atomic mass is 35.5. The second-order valence-electron chi connectivity index (χ2n) is 7.14. The van der Waals surface area contributed by atoms with E-state index >= 15 is 0 Å². The summed E-state index contributed by atoms with van der Waals surface area (Å²) in [6, 6.07) is 8.01. The van der Waals surface area contributed by atoms with E-state index in [4.69, 9.17) is 16.3 Å². The molecule has 1 aromatic carbocycles. The Morgan fingerprint density at radius 3 is 2.35 bits per heavy atom. The van der Waals surface area contributed by atoms with Crippen molar-refractivity contribution in [2.75, 3.05) is 6.54 Å². The minimum Gasteiger partial charge on any atom is -0.444 e. The van der Waals surface area contributed by atoms with Crippen molar-refractivity contribution in [3.63, 3.8) is 0 Å². The summed E-state index contributed by atoms with van der Waals surface area (Å²) in [7, 11) is 0. The van der Waals surface area contributed by atoms with Gasteiger partial charge in [-0.25, -0.2) is 4.79 Å². The quantitative estimate of drug-likeness (QED) is 0.799. The Bertz CT molecular complexity index is 512. The van der Waals surface area contributed by atoms with Gasteiger partial charge in [0.15, 0.2) is 0 Å². The average Bonchev–Trinajstić information content (AvgIpc) is 2.41. The number of ether oxygens (including phenoxy) is 1. The fourth-order valence-electron chi connectivity index (χ4n) is 2.23. The van der Waals surface area contributed by atoms with E-state index in [2.05, 4.69) is 31.4 Å². The van der Waals surface area contributed by atoms with E-state index in [1.165, 1.54) is 0 Å². The van der Waals surface area contributed by atoms with Gasteiger partial charge in [0.2, 0.25) is 0 Å². The van der Waals surface area contributed by atoms with Gasteiger partial charge in [-0.1, -0.05) is 43.6 Å². The maximum Gasteiger partial charge on any atom is 0.407 e. The molecular formula is C18H29ClN2O2. The molecule has 0 saturated heterocycles. The molecular weight excluding hydrogens is 312 g/mol. The lowest BCUT2D eigenvalue weighted by Crippen LogP contribution is -2.46. The van der Waals surface area contributed by atoms with Gasteiger partial charge >= 0.3 is 6.09 Å². The van der Waals surface area contributed by atoms with Crippen LogP contribution in [0.15, 0.2) is 24.3 Å². The predicted octanol–water partition coefficient (Wildman–Crippen LogP) is 4.54. The second-order valence-corrected chi connectivity index (χ2v) is 7.55. The van der Waals surface area contributed by atoms with Crippen molar-refractivity contribution >= 4 is 17.7 Å². The first-order valence-corrected chi connectivity index (χ1v) is 8.45. The second kappa shape index (κ2) is 8.55. The number of amides is 1. The van der Waals surface area contributed by atoms with E-state index in [-0.39, 0.29) is 12.1 Å².